The van der Waals surface area contributed by atoms with Crippen molar-refractivity contribution in [2.24, 2.45) is 0 Å². The van der Waals surface area contributed by atoms with Crippen molar-refractivity contribution in [1.82, 2.24) is 4.98 Å². The summed E-state index contributed by atoms with van der Waals surface area (Å²) in [5.74, 6) is -0.563. The van der Waals surface area contributed by atoms with Crippen molar-refractivity contribution in [3.05, 3.63) is 52.5 Å². The predicted molar refractivity (Wildman–Crippen MR) is 88.2 cm³/mol. The highest BCUT2D eigenvalue weighted by molar-refractivity contribution is 7.21. The van der Waals surface area contributed by atoms with Crippen LogP contribution in [0.4, 0.5) is 24.5 Å². The Labute approximate surface area is 139 Å². The molecule has 0 fully saturated rings. The molecule has 2 heterocycles. The molecule has 2 aromatic heterocycles. The minimum atomic E-state index is -4.58. The molecule has 0 saturated heterocycles. The zero-order chi connectivity index (χ0) is 17.5. The molecular weight excluding hydrogens is 339 g/mol. The Balaban J connectivity index is 2.10. The van der Waals surface area contributed by atoms with Gasteiger partial charge in [-0.1, -0.05) is 18.2 Å². The van der Waals surface area contributed by atoms with Crippen LogP contribution in [0, 0.1) is 6.92 Å². The van der Waals surface area contributed by atoms with Gasteiger partial charge in [0.1, 0.15) is 9.71 Å². The van der Waals surface area contributed by atoms with Crippen LogP contribution < -0.4 is 11.1 Å². The number of halogens is 3. The van der Waals surface area contributed by atoms with Crippen molar-refractivity contribution in [3.63, 3.8) is 0 Å². The first-order chi connectivity index (χ1) is 11.3. The number of benzene rings is 1. The quantitative estimate of drug-likeness (QED) is 0.716. The summed E-state index contributed by atoms with van der Waals surface area (Å²) in [6.45, 7) is 1.47. The predicted octanol–water partition coefficient (Wildman–Crippen LogP) is 4.46. The number of amides is 1. The maximum Gasteiger partial charge on any atom is 0.417 e. The third-order valence-corrected chi connectivity index (χ3v) is 4.47. The number of nitrogens with one attached hydrogen (secondary N) is 1. The van der Waals surface area contributed by atoms with Gasteiger partial charge in [-0.25, -0.2) is 4.98 Å². The smallest absolute Gasteiger partial charge is 0.397 e. The number of pyridine rings is 1. The fourth-order valence-electron chi connectivity index (χ4n) is 2.35. The lowest BCUT2D eigenvalue weighted by molar-refractivity contribution is -0.136. The normalized spacial score (nSPS) is 11.7. The Bertz CT molecular complexity index is 920. The largest absolute Gasteiger partial charge is 0.417 e. The number of para-hydroxylation sites is 1. The number of aromatic nitrogens is 1. The molecule has 0 bridgehead atoms. The second-order valence-corrected chi connectivity index (χ2v) is 6.15. The molecule has 8 heteroatoms. The van der Waals surface area contributed by atoms with Crippen LogP contribution in [0.15, 0.2) is 36.4 Å². The van der Waals surface area contributed by atoms with Crippen molar-refractivity contribution in [3.8, 4) is 0 Å². The molecule has 124 valence electrons. The highest BCUT2D eigenvalue weighted by atomic mass is 32.1. The lowest BCUT2D eigenvalue weighted by atomic mass is 10.1. The SMILES string of the molecule is Cc1cc(C(F)(F)F)c2c(N)c(C(=O)Nc3ccccc3)sc2n1. The van der Waals surface area contributed by atoms with Crippen LogP contribution in [0.3, 0.4) is 0 Å². The van der Waals surface area contributed by atoms with Gasteiger partial charge in [-0.2, -0.15) is 13.2 Å². The van der Waals surface area contributed by atoms with Gasteiger partial charge < -0.3 is 11.1 Å². The first-order valence-electron chi connectivity index (χ1n) is 6.90. The molecule has 0 atom stereocenters. The van der Waals surface area contributed by atoms with Gasteiger partial charge in [0.25, 0.3) is 5.91 Å². The number of carbonyl (C=O) groups excluding carboxylic acids is 1. The number of fused-ring (bicyclic) bond motifs is 1. The Kier molecular flexibility index (Phi) is 3.92. The Morgan fingerprint density at radius 1 is 1.25 bits per heavy atom. The number of alkyl halides is 3. The maximum atomic E-state index is 13.3. The van der Waals surface area contributed by atoms with E-state index in [1.54, 1.807) is 30.3 Å². The van der Waals surface area contributed by atoms with Crippen LogP contribution in [-0.2, 0) is 6.18 Å². The minimum absolute atomic E-state index is 0.0115. The molecular formula is C16H12F3N3OS. The molecule has 0 radical (unpaired) electrons. The number of aryl methyl sites for hydroxylation is 1. The maximum absolute atomic E-state index is 13.3. The summed E-state index contributed by atoms with van der Waals surface area (Å²) in [5, 5.41) is 2.39. The van der Waals surface area contributed by atoms with E-state index >= 15 is 0 Å². The van der Waals surface area contributed by atoms with Crippen molar-refractivity contribution in [1.29, 1.82) is 0 Å². The summed E-state index contributed by atoms with van der Waals surface area (Å²) in [6.07, 6.45) is -4.58. The number of nitrogens with two attached hydrogens (primary N) is 1. The molecule has 1 amide bonds. The van der Waals surface area contributed by atoms with E-state index in [1.807, 2.05) is 0 Å². The summed E-state index contributed by atoms with van der Waals surface area (Å²) < 4.78 is 39.8. The van der Waals surface area contributed by atoms with E-state index in [4.69, 9.17) is 5.73 Å². The Morgan fingerprint density at radius 2 is 1.92 bits per heavy atom. The molecule has 0 aliphatic heterocycles. The van der Waals surface area contributed by atoms with Crippen LogP contribution in [0.25, 0.3) is 10.2 Å². The van der Waals surface area contributed by atoms with Crippen LogP contribution in [-0.4, -0.2) is 10.9 Å². The molecule has 0 aliphatic carbocycles. The molecule has 3 rings (SSSR count). The van der Waals surface area contributed by atoms with Crippen molar-refractivity contribution < 1.29 is 18.0 Å². The average Bonchev–Trinajstić information content (AvgIpc) is 2.83. The zero-order valence-corrected chi connectivity index (χ0v) is 13.3. The highest BCUT2D eigenvalue weighted by Gasteiger charge is 2.35. The second kappa shape index (κ2) is 5.79. The summed E-state index contributed by atoms with van der Waals surface area (Å²) >= 11 is 0.848. The third kappa shape index (κ3) is 2.92. The van der Waals surface area contributed by atoms with E-state index in [0.29, 0.717) is 5.69 Å². The monoisotopic (exact) mass is 351 g/mol. The number of hydrogen-bond acceptors (Lipinski definition) is 4. The van der Waals surface area contributed by atoms with Crippen molar-refractivity contribution in [2.75, 3.05) is 11.1 Å². The molecule has 0 spiro atoms. The van der Waals surface area contributed by atoms with E-state index in [-0.39, 0.29) is 26.5 Å². The summed E-state index contributed by atoms with van der Waals surface area (Å²) in [6, 6.07) is 9.53. The number of hydrogen-bond donors (Lipinski definition) is 2. The van der Waals surface area contributed by atoms with Crippen LogP contribution >= 0.6 is 11.3 Å². The first-order valence-corrected chi connectivity index (χ1v) is 7.72. The van der Waals surface area contributed by atoms with Crippen LogP contribution in [0.5, 0.6) is 0 Å². The average molecular weight is 351 g/mol. The number of rotatable bonds is 2. The Hall–Kier alpha value is -2.61. The minimum Gasteiger partial charge on any atom is -0.397 e. The molecule has 4 nitrogen and oxygen atoms in total. The lowest BCUT2D eigenvalue weighted by Gasteiger charge is -2.09. The number of nitrogens with zero attached hydrogens (tertiary/aromatic N) is 1. The molecule has 3 aromatic rings. The first kappa shape index (κ1) is 16.3. The zero-order valence-electron chi connectivity index (χ0n) is 12.4. The molecule has 24 heavy (non-hydrogen) atoms. The van der Waals surface area contributed by atoms with Gasteiger partial charge >= 0.3 is 6.18 Å². The number of anilines is 2. The van der Waals surface area contributed by atoms with E-state index in [1.165, 1.54) is 6.92 Å². The van der Waals surface area contributed by atoms with Gasteiger partial charge in [-0.3, -0.25) is 4.79 Å². The van der Waals surface area contributed by atoms with Gasteiger partial charge in [0.05, 0.1) is 11.3 Å². The summed E-state index contributed by atoms with van der Waals surface area (Å²) in [7, 11) is 0. The van der Waals surface area contributed by atoms with Gasteiger partial charge in [0, 0.05) is 16.8 Å². The van der Waals surface area contributed by atoms with Crippen molar-refractivity contribution in [2.45, 2.75) is 13.1 Å². The standard InChI is InChI=1S/C16H12F3N3OS/c1-8-7-10(16(17,18)19)11-12(20)13(24-15(11)21-8)14(23)22-9-5-3-2-4-6-9/h2-7H,20H2,1H3,(H,22,23). The second-order valence-electron chi connectivity index (χ2n) is 5.15. The number of thiophene rings is 1. The van der Waals surface area contributed by atoms with Crippen LogP contribution in [0.1, 0.15) is 20.9 Å². The fraction of sp³-hybridized carbons (Fsp3) is 0.125. The fourth-order valence-corrected chi connectivity index (χ4v) is 3.41. The molecule has 0 aliphatic rings. The number of nitrogen functional groups attached to an aromatic ring is 1. The Morgan fingerprint density at radius 3 is 2.54 bits per heavy atom. The lowest BCUT2D eigenvalue weighted by Crippen LogP contribution is -2.12. The summed E-state index contributed by atoms with van der Waals surface area (Å²) in [4.78, 5) is 16.5. The molecule has 1 aromatic carbocycles. The summed E-state index contributed by atoms with van der Waals surface area (Å²) in [5.41, 5.74) is 5.51. The van der Waals surface area contributed by atoms with Gasteiger partial charge in [0.15, 0.2) is 0 Å². The molecule has 0 unspecified atom stereocenters. The van der Waals surface area contributed by atoms with E-state index < -0.39 is 17.6 Å². The van der Waals surface area contributed by atoms with E-state index in [9.17, 15) is 18.0 Å². The van der Waals surface area contributed by atoms with Gasteiger partial charge in [-0.15, -0.1) is 11.3 Å². The van der Waals surface area contributed by atoms with Gasteiger partial charge in [0.2, 0.25) is 0 Å². The molecule has 3 N–H and O–H groups in total. The van der Waals surface area contributed by atoms with Gasteiger partial charge in [-0.05, 0) is 25.1 Å². The molecule has 0 saturated carbocycles. The van der Waals surface area contributed by atoms with E-state index in [0.717, 1.165) is 17.4 Å². The highest BCUT2D eigenvalue weighted by Crippen LogP contribution is 2.42. The number of carbonyl (C=O) groups is 1. The van der Waals surface area contributed by atoms with Crippen molar-refractivity contribution >= 4 is 38.8 Å². The van der Waals surface area contributed by atoms with E-state index in [2.05, 4.69) is 10.3 Å². The van der Waals surface area contributed by atoms with Crippen LogP contribution in [0.2, 0.25) is 0 Å². The topological polar surface area (TPSA) is 68.0 Å². The third-order valence-electron chi connectivity index (χ3n) is 3.37.